The van der Waals surface area contributed by atoms with Crippen molar-refractivity contribution in [2.24, 2.45) is 0 Å². The van der Waals surface area contributed by atoms with Gasteiger partial charge in [0, 0.05) is 34.9 Å². The number of aliphatic hydroxyl groups is 1. The molecule has 0 aliphatic heterocycles. The summed E-state index contributed by atoms with van der Waals surface area (Å²) in [5.74, 6) is 0.477. The molecule has 2 N–H and O–H groups in total. The van der Waals surface area contributed by atoms with Crippen molar-refractivity contribution < 1.29 is 18.3 Å². The Morgan fingerprint density at radius 2 is 1.90 bits per heavy atom. The topological polar surface area (TPSA) is 63.0 Å². The Morgan fingerprint density at radius 1 is 1.13 bits per heavy atom. The van der Waals surface area contributed by atoms with Crippen molar-refractivity contribution in [3.8, 4) is 22.6 Å². The van der Waals surface area contributed by atoms with E-state index in [0.717, 1.165) is 17.7 Å². The molecule has 0 amide bonds. The molecule has 2 heterocycles. The van der Waals surface area contributed by atoms with Crippen LogP contribution in [0.1, 0.15) is 24.4 Å². The lowest BCUT2D eigenvalue weighted by atomic mass is 10.1. The van der Waals surface area contributed by atoms with Gasteiger partial charge in [0.25, 0.3) is 0 Å². The minimum atomic E-state index is -4.41. The van der Waals surface area contributed by atoms with E-state index < -0.39 is 18.0 Å². The number of alkyl halides is 3. The zero-order valence-corrected chi connectivity index (χ0v) is 17.3. The van der Waals surface area contributed by atoms with Crippen LogP contribution >= 0.6 is 11.3 Å². The number of aryl methyl sites for hydroxylation is 1. The summed E-state index contributed by atoms with van der Waals surface area (Å²) in [5.41, 5.74) is 4.07. The van der Waals surface area contributed by atoms with Crippen LogP contribution in [0.25, 0.3) is 22.6 Å². The first-order chi connectivity index (χ1) is 14.8. The van der Waals surface area contributed by atoms with Crippen LogP contribution < -0.4 is 5.32 Å². The minimum Gasteiger partial charge on any atom is -0.368 e. The predicted molar refractivity (Wildman–Crippen MR) is 114 cm³/mol. The smallest absolute Gasteiger partial charge is 0.368 e. The van der Waals surface area contributed by atoms with E-state index in [4.69, 9.17) is 0 Å². The Hall–Kier alpha value is -3.17. The van der Waals surface area contributed by atoms with Crippen molar-refractivity contribution >= 4 is 17.0 Å². The van der Waals surface area contributed by atoms with Crippen molar-refractivity contribution in [1.82, 2.24) is 14.5 Å². The molecule has 0 bridgehead atoms. The number of halogens is 3. The summed E-state index contributed by atoms with van der Waals surface area (Å²) < 4.78 is 41.1. The fourth-order valence-electron chi connectivity index (χ4n) is 3.19. The van der Waals surface area contributed by atoms with E-state index >= 15 is 0 Å². The van der Waals surface area contributed by atoms with Crippen molar-refractivity contribution in [2.45, 2.75) is 25.9 Å². The summed E-state index contributed by atoms with van der Waals surface area (Å²) >= 11 is 1.40. The number of thiazole rings is 1. The second-order valence-corrected chi connectivity index (χ2v) is 7.57. The van der Waals surface area contributed by atoms with Gasteiger partial charge in [0.05, 0.1) is 16.8 Å². The van der Waals surface area contributed by atoms with Crippen LogP contribution in [0.4, 0.5) is 18.9 Å². The summed E-state index contributed by atoms with van der Waals surface area (Å²) in [6.07, 6.45) is -3.50. The molecule has 2 aromatic heterocycles. The minimum absolute atomic E-state index is 0.410. The molecule has 0 radical (unpaired) electrons. The second kappa shape index (κ2) is 8.52. The summed E-state index contributed by atoms with van der Waals surface area (Å²) in [6.45, 7) is 2.48. The maximum Gasteiger partial charge on any atom is 0.416 e. The Balaban J connectivity index is 1.59. The average molecular weight is 444 g/mol. The lowest BCUT2D eigenvalue weighted by molar-refractivity contribution is -0.137. The maximum atomic E-state index is 13.1. The number of aliphatic hydroxyl groups excluding tert-OH is 1. The van der Waals surface area contributed by atoms with E-state index in [0.29, 0.717) is 35.0 Å². The molecular formula is C22H19F3N4OS. The highest BCUT2D eigenvalue weighted by molar-refractivity contribution is 7.07. The van der Waals surface area contributed by atoms with Crippen molar-refractivity contribution in [2.75, 3.05) is 5.32 Å². The highest BCUT2D eigenvalue weighted by Gasteiger charge is 2.30. The lowest BCUT2D eigenvalue weighted by Gasteiger charge is -2.12. The monoisotopic (exact) mass is 444 g/mol. The fourth-order valence-corrected chi connectivity index (χ4v) is 3.76. The van der Waals surface area contributed by atoms with Gasteiger partial charge in [0.1, 0.15) is 11.5 Å². The van der Waals surface area contributed by atoms with Crippen LogP contribution in [0, 0.1) is 0 Å². The Labute approximate surface area is 180 Å². The number of nitrogens with one attached hydrogen (secondary N) is 1. The number of hydrogen-bond acceptors (Lipinski definition) is 5. The summed E-state index contributed by atoms with van der Waals surface area (Å²) in [7, 11) is 0. The van der Waals surface area contributed by atoms with Gasteiger partial charge >= 0.3 is 6.18 Å². The Kier molecular flexibility index (Phi) is 5.79. The SMILES string of the molecule is CCn1cc(-c2ccc(NC(O)c3cscn3)cc2)nc1-c1cccc(C(F)(F)F)c1. The van der Waals surface area contributed by atoms with Gasteiger partial charge in [-0.3, -0.25) is 0 Å². The van der Waals surface area contributed by atoms with Gasteiger partial charge in [0.2, 0.25) is 0 Å². The summed E-state index contributed by atoms with van der Waals surface area (Å²) in [5, 5.41) is 14.9. The normalized spacial score (nSPS) is 12.7. The molecule has 0 aliphatic rings. The number of aromatic nitrogens is 3. The van der Waals surface area contributed by atoms with E-state index in [9.17, 15) is 18.3 Å². The number of rotatable bonds is 6. The largest absolute Gasteiger partial charge is 0.416 e. The van der Waals surface area contributed by atoms with Crippen LogP contribution in [0.15, 0.2) is 65.6 Å². The van der Waals surface area contributed by atoms with Gasteiger partial charge in [-0.25, -0.2) is 9.97 Å². The van der Waals surface area contributed by atoms with Crippen molar-refractivity contribution in [3.63, 3.8) is 0 Å². The van der Waals surface area contributed by atoms with Crippen LogP contribution in [0.3, 0.4) is 0 Å². The molecule has 0 saturated heterocycles. The van der Waals surface area contributed by atoms with E-state index in [1.54, 1.807) is 29.1 Å². The first-order valence-electron chi connectivity index (χ1n) is 9.53. The zero-order valence-electron chi connectivity index (χ0n) is 16.5. The first kappa shape index (κ1) is 21.1. The quantitative estimate of drug-likeness (QED) is 0.368. The Bertz CT molecular complexity index is 1150. The molecule has 9 heteroatoms. The van der Waals surface area contributed by atoms with Gasteiger partial charge in [-0.15, -0.1) is 11.3 Å². The molecule has 0 spiro atoms. The van der Waals surface area contributed by atoms with Crippen molar-refractivity contribution in [1.29, 1.82) is 0 Å². The van der Waals surface area contributed by atoms with E-state index in [-0.39, 0.29) is 0 Å². The number of hydrogen-bond donors (Lipinski definition) is 2. The second-order valence-electron chi connectivity index (χ2n) is 6.85. The number of nitrogens with zero attached hydrogens (tertiary/aromatic N) is 3. The molecule has 31 heavy (non-hydrogen) atoms. The lowest BCUT2D eigenvalue weighted by Crippen LogP contribution is -2.09. The standard InChI is InChI=1S/C22H19F3N4OS/c1-2-29-11-18(28-20(29)15-4-3-5-16(10-15)22(23,24)25)14-6-8-17(9-7-14)27-21(30)19-12-31-13-26-19/h3-13,21,27,30H,2H2,1H3. The van der Waals surface area contributed by atoms with Gasteiger partial charge < -0.3 is 15.0 Å². The molecule has 0 aliphatic carbocycles. The first-order valence-corrected chi connectivity index (χ1v) is 10.5. The molecule has 0 saturated carbocycles. The molecule has 0 fully saturated rings. The summed E-state index contributed by atoms with van der Waals surface area (Å²) in [6, 6.07) is 12.5. The molecule has 5 nitrogen and oxygen atoms in total. The van der Waals surface area contributed by atoms with Gasteiger partial charge in [0.15, 0.2) is 6.23 Å². The third-order valence-corrected chi connectivity index (χ3v) is 5.39. The Morgan fingerprint density at radius 3 is 2.55 bits per heavy atom. The van der Waals surface area contributed by atoms with E-state index in [1.165, 1.54) is 17.4 Å². The van der Waals surface area contributed by atoms with Gasteiger partial charge in [-0.1, -0.05) is 24.3 Å². The number of benzene rings is 2. The highest BCUT2D eigenvalue weighted by atomic mass is 32.1. The van der Waals surface area contributed by atoms with Gasteiger partial charge in [-0.2, -0.15) is 13.2 Å². The predicted octanol–water partition coefficient (Wildman–Crippen LogP) is 5.82. The van der Waals surface area contributed by atoms with Crippen LogP contribution in [-0.2, 0) is 12.7 Å². The van der Waals surface area contributed by atoms with Gasteiger partial charge in [-0.05, 0) is 31.2 Å². The fraction of sp³-hybridized carbons (Fsp3) is 0.182. The van der Waals surface area contributed by atoms with Crippen LogP contribution in [0.2, 0.25) is 0 Å². The average Bonchev–Trinajstić information content (AvgIpc) is 3.44. The molecule has 4 aromatic rings. The highest BCUT2D eigenvalue weighted by Crippen LogP contribution is 2.33. The van der Waals surface area contributed by atoms with E-state index in [2.05, 4.69) is 15.3 Å². The molecular weight excluding hydrogens is 425 g/mol. The van der Waals surface area contributed by atoms with Crippen LogP contribution in [-0.4, -0.2) is 19.6 Å². The number of anilines is 1. The maximum absolute atomic E-state index is 13.1. The molecule has 1 atom stereocenters. The van der Waals surface area contributed by atoms with Crippen LogP contribution in [0.5, 0.6) is 0 Å². The van der Waals surface area contributed by atoms with Crippen molar-refractivity contribution in [3.05, 3.63) is 76.9 Å². The summed E-state index contributed by atoms with van der Waals surface area (Å²) in [4.78, 5) is 8.67. The molecule has 1 unspecified atom stereocenters. The zero-order chi connectivity index (χ0) is 22.0. The van der Waals surface area contributed by atoms with E-state index in [1.807, 2.05) is 29.8 Å². The third kappa shape index (κ3) is 4.62. The number of imidazole rings is 1. The third-order valence-electron chi connectivity index (χ3n) is 4.78. The molecule has 4 rings (SSSR count). The molecule has 2 aromatic carbocycles. The molecule has 160 valence electrons.